The second-order valence-corrected chi connectivity index (χ2v) is 2.50. The summed E-state index contributed by atoms with van der Waals surface area (Å²) in [6.45, 7) is 0.657. The van der Waals surface area contributed by atoms with Gasteiger partial charge >= 0.3 is 0 Å². The summed E-state index contributed by atoms with van der Waals surface area (Å²) in [5.41, 5.74) is 1.64. The van der Waals surface area contributed by atoms with E-state index >= 15 is 0 Å². The van der Waals surface area contributed by atoms with Crippen molar-refractivity contribution in [1.82, 2.24) is 9.69 Å². The van der Waals surface area contributed by atoms with Crippen molar-refractivity contribution in [1.29, 1.82) is 0 Å². The topological polar surface area (TPSA) is 42.0 Å². The molecule has 1 aliphatic heterocycles. The SMILES string of the molecule is O=C1NCc2csnc21. The molecule has 1 N–H and O–H groups in total. The van der Waals surface area contributed by atoms with Gasteiger partial charge < -0.3 is 5.32 Å². The van der Waals surface area contributed by atoms with Crippen LogP contribution in [0.5, 0.6) is 0 Å². The van der Waals surface area contributed by atoms with Gasteiger partial charge in [0.1, 0.15) is 5.69 Å². The Hall–Kier alpha value is -0.900. The molecular weight excluding hydrogens is 136 g/mol. The Bertz CT molecular complexity index is 255. The molecule has 0 atom stereocenters. The molecule has 0 saturated heterocycles. The monoisotopic (exact) mass is 140 g/mol. The standard InChI is InChI=1S/C5H4N2OS/c8-5-4-3(1-6-5)2-9-7-4/h2H,1H2,(H,6,8). The van der Waals surface area contributed by atoms with Crippen LogP contribution >= 0.6 is 11.5 Å². The van der Waals surface area contributed by atoms with Crippen LogP contribution in [0.3, 0.4) is 0 Å². The van der Waals surface area contributed by atoms with E-state index in [4.69, 9.17) is 0 Å². The molecule has 0 aliphatic carbocycles. The number of aromatic nitrogens is 1. The van der Waals surface area contributed by atoms with Crippen LogP contribution in [-0.4, -0.2) is 10.3 Å². The van der Waals surface area contributed by atoms with E-state index in [0.29, 0.717) is 12.2 Å². The van der Waals surface area contributed by atoms with Gasteiger partial charge in [0.2, 0.25) is 0 Å². The molecule has 0 fully saturated rings. The fraction of sp³-hybridized carbons (Fsp3) is 0.200. The lowest BCUT2D eigenvalue weighted by atomic mass is 10.3. The summed E-state index contributed by atoms with van der Waals surface area (Å²) in [6, 6.07) is 0. The number of hydrogen-bond acceptors (Lipinski definition) is 3. The van der Waals surface area contributed by atoms with Crippen LogP contribution in [0, 0.1) is 0 Å². The molecule has 46 valence electrons. The maximum atomic E-state index is 10.8. The van der Waals surface area contributed by atoms with Crippen LogP contribution in [0.15, 0.2) is 5.38 Å². The molecule has 2 heterocycles. The second kappa shape index (κ2) is 1.54. The van der Waals surface area contributed by atoms with E-state index in [1.807, 2.05) is 5.38 Å². The highest BCUT2D eigenvalue weighted by Gasteiger charge is 2.20. The van der Waals surface area contributed by atoms with E-state index in [1.54, 1.807) is 0 Å². The van der Waals surface area contributed by atoms with Crippen molar-refractivity contribution < 1.29 is 4.79 Å². The summed E-state index contributed by atoms with van der Waals surface area (Å²) >= 11 is 1.33. The van der Waals surface area contributed by atoms with Gasteiger partial charge in [-0.2, -0.15) is 4.37 Å². The highest BCUT2D eigenvalue weighted by atomic mass is 32.1. The van der Waals surface area contributed by atoms with Crippen molar-refractivity contribution in [2.45, 2.75) is 6.54 Å². The van der Waals surface area contributed by atoms with E-state index in [2.05, 4.69) is 9.69 Å². The van der Waals surface area contributed by atoms with Gasteiger partial charge in [-0.05, 0) is 11.5 Å². The molecule has 3 nitrogen and oxygen atoms in total. The van der Waals surface area contributed by atoms with Gasteiger partial charge in [-0.1, -0.05) is 0 Å². The molecule has 1 aromatic heterocycles. The summed E-state index contributed by atoms with van der Waals surface area (Å²) in [6.07, 6.45) is 0. The Kier molecular flexibility index (Phi) is 0.843. The van der Waals surface area contributed by atoms with Crippen LogP contribution in [0.2, 0.25) is 0 Å². The lowest BCUT2D eigenvalue weighted by Crippen LogP contribution is -2.13. The molecular formula is C5H4N2OS. The van der Waals surface area contributed by atoms with Crippen molar-refractivity contribution in [3.8, 4) is 0 Å². The number of carbonyl (C=O) groups excluding carboxylic acids is 1. The zero-order valence-corrected chi connectivity index (χ0v) is 5.36. The fourth-order valence-corrected chi connectivity index (χ4v) is 1.51. The minimum atomic E-state index is -0.0359. The number of nitrogens with one attached hydrogen (secondary N) is 1. The quantitative estimate of drug-likeness (QED) is 0.566. The van der Waals surface area contributed by atoms with Gasteiger partial charge in [-0.15, -0.1) is 0 Å². The molecule has 0 unspecified atom stereocenters. The summed E-state index contributed by atoms with van der Waals surface area (Å²) in [4.78, 5) is 10.8. The van der Waals surface area contributed by atoms with Gasteiger partial charge in [-0.3, -0.25) is 4.79 Å². The molecule has 0 saturated carbocycles. The van der Waals surface area contributed by atoms with Crippen LogP contribution in [0.4, 0.5) is 0 Å². The van der Waals surface area contributed by atoms with Crippen molar-refractivity contribution in [3.63, 3.8) is 0 Å². The maximum absolute atomic E-state index is 10.8. The highest BCUT2D eigenvalue weighted by Crippen LogP contribution is 2.14. The first-order valence-electron chi connectivity index (χ1n) is 2.59. The number of carbonyl (C=O) groups is 1. The van der Waals surface area contributed by atoms with Gasteiger partial charge in [0.15, 0.2) is 0 Å². The maximum Gasteiger partial charge on any atom is 0.271 e. The molecule has 9 heavy (non-hydrogen) atoms. The number of hydrogen-bond donors (Lipinski definition) is 1. The molecule has 1 aliphatic rings. The minimum Gasteiger partial charge on any atom is -0.346 e. The first-order chi connectivity index (χ1) is 4.38. The van der Waals surface area contributed by atoms with Gasteiger partial charge in [0.05, 0.1) is 0 Å². The second-order valence-electron chi connectivity index (χ2n) is 1.87. The highest BCUT2D eigenvalue weighted by molar-refractivity contribution is 7.03. The minimum absolute atomic E-state index is 0.0359. The Morgan fingerprint density at radius 1 is 1.78 bits per heavy atom. The lowest BCUT2D eigenvalue weighted by molar-refractivity contribution is 0.0962. The van der Waals surface area contributed by atoms with Crippen molar-refractivity contribution in [3.05, 3.63) is 16.6 Å². The summed E-state index contributed by atoms with van der Waals surface area (Å²) in [5.74, 6) is -0.0359. The summed E-state index contributed by atoms with van der Waals surface area (Å²) < 4.78 is 3.91. The first kappa shape index (κ1) is 4.93. The van der Waals surface area contributed by atoms with Crippen molar-refractivity contribution in [2.24, 2.45) is 0 Å². The van der Waals surface area contributed by atoms with E-state index in [0.717, 1.165) is 5.56 Å². The first-order valence-corrected chi connectivity index (χ1v) is 3.43. The van der Waals surface area contributed by atoms with E-state index < -0.39 is 0 Å². The largest absolute Gasteiger partial charge is 0.346 e. The molecule has 0 spiro atoms. The van der Waals surface area contributed by atoms with E-state index in [1.165, 1.54) is 11.5 Å². The van der Waals surface area contributed by atoms with Crippen molar-refractivity contribution >= 4 is 17.4 Å². The zero-order chi connectivity index (χ0) is 6.27. The predicted molar refractivity (Wildman–Crippen MR) is 33.3 cm³/mol. The van der Waals surface area contributed by atoms with E-state index in [9.17, 15) is 4.79 Å². The number of nitrogens with zero attached hydrogens (tertiary/aromatic N) is 1. The third-order valence-corrected chi connectivity index (χ3v) is 1.98. The Balaban J connectivity index is 2.61. The molecule has 0 radical (unpaired) electrons. The van der Waals surface area contributed by atoms with Gasteiger partial charge in [0.25, 0.3) is 5.91 Å². The van der Waals surface area contributed by atoms with E-state index in [-0.39, 0.29) is 5.91 Å². The molecule has 2 rings (SSSR count). The fourth-order valence-electron chi connectivity index (χ4n) is 0.829. The predicted octanol–water partition coefficient (Wildman–Crippen LogP) is 0.387. The normalized spacial score (nSPS) is 15.3. The van der Waals surface area contributed by atoms with Gasteiger partial charge in [0, 0.05) is 17.5 Å². The molecule has 4 heteroatoms. The third kappa shape index (κ3) is 0.564. The summed E-state index contributed by atoms with van der Waals surface area (Å²) in [7, 11) is 0. The average Bonchev–Trinajstić information content (AvgIpc) is 2.35. The van der Waals surface area contributed by atoms with Crippen molar-refractivity contribution in [2.75, 3.05) is 0 Å². The smallest absolute Gasteiger partial charge is 0.271 e. The average molecular weight is 140 g/mol. The third-order valence-electron chi connectivity index (χ3n) is 1.30. The van der Waals surface area contributed by atoms with Crippen LogP contribution in [-0.2, 0) is 6.54 Å². The summed E-state index contributed by atoms with van der Waals surface area (Å²) in [5, 5.41) is 4.57. The molecule has 0 aromatic carbocycles. The van der Waals surface area contributed by atoms with Crippen LogP contribution in [0.1, 0.15) is 16.1 Å². The molecule has 1 amide bonds. The zero-order valence-electron chi connectivity index (χ0n) is 4.55. The molecule has 0 bridgehead atoms. The number of rotatable bonds is 0. The van der Waals surface area contributed by atoms with Crippen LogP contribution in [0.25, 0.3) is 0 Å². The molecule has 1 aromatic rings. The van der Waals surface area contributed by atoms with Gasteiger partial charge in [-0.25, -0.2) is 0 Å². The van der Waals surface area contributed by atoms with Crippen LogP contribution < -0.4 is 5.32 Å². The Morgan fingerprint density at radius 3 is 3.44 bits per heavy atom. The lowest BCUT2D eigenvalue weighted by Gasteiger charge is -1.83. The number of amides is 1. The Morgan fingerprint density at radius 2 is 2.67 bits per heavy atom. The Labute approximate surface area is 55.9 Å². The number of fused-ring (bicyclic) bond motifs is 1.